The SMILES string of the molecule is Cc1cccc(NC(=O)Nc2c[c]ccc2)c1. The lowest BCUT2D eigenvalue weighted by molar-refractivity contribution is 0.262. The van der Waals surface area contributed by atoms with Gasteiger partial charge in [0.25, 0.3) is 0 Å². The molecule has 2 amide bonds. The summed E-state index contributed by atoms with van der Waals surface area (Å²) in [6, 6.07) is 17.4. The third kappa shape index (κ3) is 3.34. The number of amides is 2. The Morgan fingerprint density at radius 2 is 1.88 bits per heavy atom. The maximum atomic E-state index is 11.7. The Labute approximate surface area is 100 Å². The summed E-state index contributed by atoms with van der Waals surface area (Å²) in [5.41, 5.74) is 2.61. The number of carbonyl (C=O) groups excluding carboxylic acids is 1. The van der Waals surface area contributed by atoms with Crippen LogP contribution in [0.25, 0.3) is 0 Å². The number of hydrogen-bond donors (Lipinski definition) is 2. The smallest absolute Gasteiger partial charge is 0.308 e. The van der Waals surface area contributed by atoms with Gasteiger partial charge in [-0.2, -0.15) is 0 Å². The minimum Gasteiger partial charge on any atom is -0.308 e. The molecule has 2 aromatic rings. The van der Waals surface area contributed by atoms with Crippen LogP contribution in [0.3, 0.4) is 0 Å². The van der Waals surface area contributed by atoms with Crippen LogP contribution in [-0.4, -0.2) is 6.03 Å². The fraction of sp³-hybridized carbons (Fsp3) is 0.0714. The first-order chi connectivity index (χ1) is 8.24. The Morgan fingerprint density at radius 3 is 2.59 bits per heavy atom. The van der Waals surface area contributed by atoms with E-state index in [1.54, 1.807) is 12.1 Å². The summed E-state index contributed by atoms with van der Waals surface area (Å²) in [6.07, 6.45) is 0. The van der Waals surface area contributed by atoms with Crippen LogP contribution in [0.5, 0.6) is 0 Å². The van der Waals surface area contributed by atoms with E-state index >= 15 is 0 Å². The zero-order chi connectivity index (χ0) is 12.1. The molecule has 1 radical (unpaired) electrons. The molecule has 0 aliphatic rings. The Balaban J connectivity index is 1.98. The van der Waals surface area contributed by atoms with E-state index in [2.05, 4.69) is 16.7 Å². The standard InChI is InChI=1S/C14H13N2O/c1-11-6-5-9-13(10-11)16-14(17)15-12-7-3-2-4-8-12/h2-3,5-10H,1H3,(H2,15,16,17). The summed E-state index contributed by atoms with van der Waals surface area (Å²) in [6.45, 7) is 1.98. The third-order valence-corrected chi connectivity index (χ3v) is 2.24. The topological polar surface area (TPSA) is 41.1 Å². The molecule has 0 aliphatic carbocycles. The predicted molar refractivity (Wildman–Crippen MR) is 69.1 cm³/mol. The van der Waals surface area contributed by atoms with Crippen LogP contribution in [0.15, 0.2) is 48.5 Å². The van der Waals surface area contributed by atoms with E-state index in [-0.39, 0.29) is 6.03 Å². The minimum atomic E-state index is -0.254. The normalized spacial score (nSPS) is 9.71. The highest BCUT2D eigenvalue weighted by molar-refractivity contribution is 5.99. The summed E-state index contributed by atoms with van der Waals surface area (Å²) in [7, 11) is 0. The highest BCUT2D eigenvalue weighted by Crippen LogP contribution is 2.10. The van der Waals surface area contributed by atoms with Gasteiger partial charge in [0.05, 0.1) is 0 Å². The molecular weight excluding hydrogens is 212 g/mol. The van der Waals surface area contributed by atoms with Gasteiger partial charge in [0.1, 0.15) is 0 Å². The largest absolute Gasteiger partial charge is 0.323 e. The first-order valence-electron chi connectivity index (χ1n) is 5.35. The van der Waals surface area contributed by atoms with E-state index in [1.165, 1.54) is 0 Å². The first kappa shape index (κ1) is 11.2. The van der Waals surface area contributed by atoms with Gasteiger partial charge in [-0.15, -0.1) is 0 Å². The van der Waals surface area contributed by atoms with Crippen LogP contribution < -0.4 is 10.6 Å². The van der Waals surface area contributed by atoms with Crippen LogP contribution in [0, 0.1) is 13.0 Å². The Bertz CT molecular complexity index is 509. The van der Waals surface area contributed by atoms with Crippen molar-refractivity contribution in [2.24, 2.45) is 0 Å². The summed E-state index contributed by atoms with van der Waals surface area (Å²) >= 11 is 0. The quantitative estimate of drug-likeness (QED) is 0.807. The Kier molecular flexibility index (Phi) is 3.40. The molecule has 0 bridgehead atoms. The van der Waals surface area contributed by atoms with E-state index in [1.807, 2.05) is 43.3 Å². The first-order valence-corrected chi connectivity index (χ1v) is 5.35. The second-order valence-corrected chi connectivity index (χ2v) is 3.74. The second-order valence-electron chi connectivity index (χ2n) is 3.74. The molecule has 0 heterocycles. The molecule has 85 valence electrons. The molecule has 2 aromatic carbocycles. The van der Waals surface area contributed by atoms with Gasteiger partial charge in [-0.05, 0) is 42.8 Å². The molecule has 0 saturated carbocycles. The molecule has 0 unspecified atom stereocenters. The molecule has 3 nitrogen and oxygen atoms in total. The monoisotopic (exact) mass is 225 g/mol. The van der Waals surface area contributed by atoms with Crippen molar-refractivity contribution in [3.05, 3.63) is 60.2 Å². The average Bonchev–Trinajstić information content (AvgIpc) is 2.30. The predicted octanol–water partition coefficient (Wildman–Crippen LogP) is 3.44. The van der Waals surface area contributed by atoms with Crippen molar-refractivity contribution in [3.8, 4) is 0 Å². The number of urea groups is 1. The van der Waals surface area contributed by atoms with Gasteiger partial charge in [0, 0.05) is 11.4 Å². The van der Waals surface area contributed by atoms with E-state index in [9.17, 15) is 4.79 Å². The zero-order valence-corrected chi connectivity index (χ0v) is 9.53. The van der Waals surface area contributed by atoms with Crippen molar-refractivity contribution in [2.45, 2.75) is 6.92 Å². The zero-order valence-electron chi connectivity index (χ0n) is 9.53. The summed E-state index contributed by atoms with van der Waals surface area (Å²) in [4.78, 5) is 11.7. The average molecular weight is 225 g/mol. The van der Waals surface area contributed by atoms with Gasteiger partial charge in [-0.3, -0.25) is 0 Å². The maximum absolute atomic E-state index is 11.7. The molecule has 0 spiro atoms. The Morgan fingerprint density at radius 1 is 1.12 bits per heavy atom. The van der Waals surface area contributed by atoms with Crippen LogP contribution in [0.4, 0.5) is 16.2 Å². The van der Waals surface area contributed by atoms with Crippen LogP contribution in [0.1, 0.15) is 5.56 Å². The van der Waals surface area contributed by atoms with Crippen molar-refractivity contribution in [1.29, 1.82) is 0 Å². The number of benzene rings is 2. The van der Waals surface area contributed by atoms with Gasteiger partial charge < -0.3 is 10.6 Å². The van der Waals surface area contributed by atoms with Gasteiger partial charge >= 0.3 is 6.03 Å². The lowest BCUT2D eigenvalue weighted by Crippen LogP contribution is -2.19. The number of hydrogen-bond acceptors (Lipinski definition) is 1. The highest BCUT2D eigenvalue weighted by atomic mass is 16.2. The van der Waals surface area contributed by atoms with Crippen molar-refractivity contribution in [1.82, 2.24) is 0 Å². The summed E-state index contributed by atoms with van der Waals surface area (Å²) in [5.74, 6) is 0. The van der Waals surface area contributed by atoms with Crippen molar-refractivity contribution in [2.75, 3.05) is 10.6 Å². The summed E-state index contributed by atoms with van der Waals surface area (Å²) < 4.78 is 0. The lowest BCUT2D eigenvalue weighted by atomic mass is 10.2. The number of rotatable bonds is 2. The minimum absolute atomic E-state index is 0.254. The van der Waals surface area contributed by atoms with Crippen molar-refractivity contribution >= 4 is 17.4 Å². The molecule has 2 N–H and O–H groups in total. The van der Waals surface area contributed by atoms with Crippen molar-refractivity contribution in [3.63, 3.8) is 0 Å². The van der Waals surface area contributed by atoms with Gasteiger partial charge in [0.2, 0.25) is 0 Å². The molecule has 0 aromatic heterocycles. The van der Waals surface area contributed by atoms with E-state index in [0.717, 1.165) is 16.9 Å². The van der Waals surface area contributed by atoms with Gasteiger partial charge in [0.15, 0.2) is 0 Å². The molecule has 0 saturated heterocycles. The molecule has 2 rings (SSSR count). The summed E-state index contributed by atoms with van der Waals surface area (Å²) in [5, 5.41) is 5.50. The lowest BCUT2D eigenvalue weighted by Gasteiger charge is -2.07. The number of aryl methyl sites for hydroxylation is 1. The molecule has 3 heteroatoms. The highest BCUT2D eigenvalue weighted by Gasteiger charge is 2.01. The second kappa shape index (κ2) is 5.16. The van der Waals surface area contributed by atoms with Gasteiger partial charge in [-0.25, -0.2) is 4.79 Å². The molecular formula is C14H13N2O. The van der Waals surface area contributed by atoms with Crippen LogP contribution >= 0.6 is 0 Å². The molecule has 0 fully saturated rings. The van der Waals surface area contributed by atoms with Crippen LogP contribution in [-0.2, 0) is 0 Å². The van der Waals surface area contributed by atoms with Gasteiger partial charge in [-0.1, -0.05) is 24.3 Å². The maximum Gasteiger partial charge on any atom is 0.323 e. The number of nitrogens with one attached hydrogen (secondary N) is 2. The van der Waals surface area contributed by atoms with Crippen LogP contribution in [0.2, 0.25) is 0 Å². The van der Waals surface area contributed by atoms with Crippen molar-refractivity contribution < 1.29 is 4.79 Å². The number of anilines is 2. The fourth-order valence-corrected chi connectivity index (χ4v) is 1.49. The molecule has 17 heavy (non-hydrogen) atoms. The third-order valence-electron chi connectivity index (χ3n) is 2.24. The fourth-order valence-electron chi connectivity index (χ4n) is 1.49. The van der Waals surface area contributed by atoms with E-state index in [4.69, 9.17) is 0 Å². The molecule has 0 atom stereocenters. The molecule has 0 aliphatic heterocycles. The Hall–Kier alpha value is -2.29. The van der Waals surface area contributed by atoms with E-state index in [0.29, 0.717) is 0 Å². The number of carbonyl (C=O) groups is 1. The van der Waals surface area contributed by atoms with E-state index < -0.39 is 0 Å².